The maximum atomic E-state index is 5.99. The Kier molecular flexibility index (Phi) is 2.57. The maximum Gasteiger partial charge on any atom is 0.0672 e. The van der Waals surface area contributed by atoms with Crippen molar-refractivity contribution >= 4 is 22.3 Å². The Hall–Kier alpha value is -2.56. The highest BCUT2D eigenvalue weighted by molar-refractivity contribution is 5.88. The molecule has 2 heterocycles. The van der Waals surface area contributed by atoms with E-state index >= 15 is 0 Å². The van der Waals surface area contributed by atoms with Gasteiger partial charge in [-0.25, -0.2) is 0 Å². The van der Waals surface area contributed by atoms with E-state index in [1.807, 2.05) is 24.3 Å². The van der Waals surface area contributed by atoms with Gasteiger partial charge in [0.25, 0.3) is 0 Å². The number of nitrogens with one attached hydrogen (secondary N) is 2. The van der Waals surface area contributed by atoms with Crippen LogP contribution in [0.15, 0.2) is 42.9 Å². The fraction of sp³-hybridized carbons (Fsp3) is 0.0769. The summed E-state index contributed by atoms with van der Waals surface area (Å²) < 4.78 is 0. The van der Waals surface area contributed by atoms with Crippen LogP contribution < -0.4 is 11.1 Å². The second-order valence-corrected chi connectivity index (χ2v) is 4.11. The molecule has 0 saturated carbocycles. The number of nitrogens with zero attached hydrogens (tertiary/aromatic N) is 2. The molecule has 5 nitrogen and oxygen atoms in total. The van der Waals surface area contributed by atoms with Crippen molar-refractivity contribution in [3.8, 4) is 0 Å². The van der Waals surface area contributed by atoms with Crippen molar-refractivity contribution in [1.29, 1.82) is 0 Å². The van der Waals surface area contributed by atoms with Gasteiger partial charge in [0, 0.05) is 24.3 Å². The summed E-state index contributed by atoms with van der Waals surface area (Å²) in [6.07, 6.45) is 5.31. The number of aromatic amines is 1. The number of nitrogen functional groups attached to an aromatic ring is 1. The van der Waals surface area contributed by atoms with E-state index in [0.717, 1.165) is 27.8 Å². The second-order valence-electron chi connectivity index (χ2n) is 4.11. The SMILES string of the molecule is Nc1cc2cn[nH]c2cc1NCc1ccncc1. The Morgan fingerprint density at radius 3 is 2.89 bits per heavy atom. The number of hydrogen-bond acceptors (Lipinski definition) is 4. The van der Waals surface area contributed by atoms with Crippen molar-refractivity contribution in [3.05, 3.63) is 48.4 Å². The molecule has 0 aliphatic carbocycles. The Morgan fingerprint density at radius 2 is 2.06 bits per heavy atom. The van der Waals surface area contributed by atoms with Gasteiger partial charge in [-0.05, 0) is 29.8 Å². The minimum absolute atomic E-state index is 0.715. The van der Waals surface area contributed by atoms with E-state index < -0.39 is 0 Å². The van der Waals surface area contributed by atoms with Gasteiger partial charge in [0.1, 0.15) is 0 Å². The summed E-state index contributed by atoms with van der Waals surface area (Å²) in [4.78, 5) is 3.99. The summed E-state index contributed by atoms with van der Waals surface area (Å²) in [5.74, 6) is 0. The molecule has 0 atom stereocenters. The number of rotatable bonds is 3. The molecule has 0 fully saturated rings. The molecule has 90 valence electrons. The number of fused-ring (bicyclic) bond motifs is 1. The largest absolute Gasteiger partial charge is 0.397 e. The Labute approximate surface area is 104 Å². The molecule has 1 aromatic carbocycles. The molecule has 5 heteroatoms. The van der Waals surface area contributed by atoms with E-state index in [4.69, 9.17) is 5.73 Å². The summed E-state index contributed by atoms with van der Waals surface area (Å²) in [5, 5.41) is 11.2. The van der Waals surface area contributed by atoms with Gasteiger partial charge >= 0.3 is 0 Å². The first-order chi connectivity index (χ1) is 8.83. The predicted octanol–water partition coefficient (Wildman–Crippen LogP) is 2.15. The number of pyridine rings is 1. The highest BCUT2D eigenvalue weighted by Crippen LogP contribution is 2.24. The van der Waals surface area contributed by atoms with Crippen LogP contribution in [0.2, 0.25) is 0 Å². The van der Waals surface area contributed by atoms with E-state index in [9.17, 15) is 0 Å². The number of anilines is 2. The molecule has 0 radical (unpaired) electrons. The number of hydrogen-bond donors (Lipinski definition) is 3. The Balaban J connectivity index is 1.84. The van der Waals surface area contributed by atoms with Crippen molar-refractivity contribution in [2.75, 3.05) is 11.1 Å². The quantitative estimate of drug-likeness (QED) is 0.612. The molecule has 0 saturated heterocycles. The normalized spacial score (nSPS) is 10.7. The number of aromatic nitrogens is 3. The van der Waals surface area contributed by atoms with E-state index in [2.05, 4.69) is 20.5 Å². The smallest absolute Gasteiger partial charge is 0.0672 e. The van der Waals surface area contributed by atoms with E-state index in [0.29, 0.717) is 6.54 Å². The van der Waals surface area contributed by atoms with Crippen molar-refractivity contribution in [2.45, 2.75) is 6.54 Å². The molecule has 3 aromatic rings. The predicted molar refractivity (Wildman–Crippen MR) is 72.1 cm³/mol. The van der Waals surface area contributed by atoms with Gasteiger partial charge in [-0.1, -0.05) is 0 Å². The molecule has 0 unspecified atom stereocenters. The third kappa shape index (κ3) is 1.98. The van der Waals surface area contributed by atoms with Gasteiger partial charge < -0.3 is 11.1 Å². The van der Waals surface area contributed by atoms with Gasteiger partial charge in [0.15, 0.2) is 0 Å². The van der Waals surface area contributed by atoms with Crippen molar-refractivity contribution in [1.82, 2.24) is 15.2 Å². The zero-order valence-corrected chi connectivity index (χ0v) is 9.72. The van der Waals surface area contributed by atoms with Crippen LogP contribution in [0.4, 0.5) is 11.4 Å². The first-order valence-corrected chi connectivity index (χ1v) is 5.68. The molecule has 4 N–H and O–H groups in total. The van der Waals surface area contributed by atoms with Crippen molar-refractivity contribution in [3.63, 3.8) is 0 Å². The average Bonchev–Trinajstić information content (AvgIpc) is 2.84. The number of H-pyrrole nitrogens is 1. The monoisotopic (exact) mass is 239 g/mol. The lowest BCUT2D eigenvalue weighted by atomic mass is 10.2. The molecule has 0 aliphatic heterocycles. The number of nitrogens with two attached hydrogens (primary N) is 1. The molecule has 0 amide bonds. The topological polar surface area (TPSA) is 79.6 Å². The second kappa shape index (κ2) is 4.37. The molecule has 0 aliphatic rings. The molecule has 2 aromatic heterocycles. The molecule has 0 bridgehead atoms. The summed E-state index contributed by atoms with van der Waals surface area (Å²) in [6, 6.07) is 7.82. The van der Waals surface area contributed by atoms with E-state index in [1.54, 1.807) is 18.6 Å². The Bertz CT molecular complexity index is 659. The van der Waals surface area contributed by atoms with Crippen molar-refractivity contribution < 1.29 is 0 Å². The first kappa shape index (κ1) is 10.6. The standard InChI is InChI=1S/C13H13N5/c14-11-5-10-8-17-18-12(10)6-13(11)16-7-9-1-3-15-4-2-9/h1-6,8,16H,7,14H2,(H,17,18). The van der Waals surface area contributed by atoms with Crippen LogP contribution in [0.1, 0.15) is 5.56 Å². The highest BCUT2D eigenvalue weighted by Gasteiger charge is 2.03. The fourth-order valence-electron chi connectivity index (χ4n) is 1.86. The van der Waals surface area contributed by atoms with Crippen LogP contribution in [0.5, 0.6) is 0 Å². The zero-order chi connectivity index (χ0) is 12.4. The first-order valence-electron chi connectivity index (χ1n) is 5.68. The lowest BCUT2D eigenvalue weighted by molar-refractivity contribution is 1.11. The maximum absolute atomic E-state index is 5.99. The molecule has 18 heavy (non-hydrogen) atoms. The van der Waals surface area contributed by atoms with Gasteiger partial charge in [0.2, 0.25) is 0 Å². The number of benzene rings is 1. The third-order valence-electron chi connectivity index (χ3n) is 2.84. The molecular formula is C13H13N5. The van der Waals surface area contributed by atoms with Gasteiger partial charge in [-0.15, -0.1) is 0 Å². The van der Waals surface area contributed by atoms with Gasteiger partial charge in [-0.2, -0.15) is 5.10 Å². The summed E-state index contributed by atoms with van der Waals surface area (Å²) >= 11 is 0. The highest BCUT2D eigenvalue weighted by atomic mass is 15.1. The van der Waals surface area contributed by atoms with Crippen LogP contribution in [-0.4, -0.2) is 15.2 Å². The Morgan fingerprint density at radius 1 is 1.22 bits per heavy atom. The van der Waals surface area contributed by atoms with Crippen LogP contribution in [0.3, 0.4) is 0 Å². The van der Waals surface area contributed by atoms with E-state index in [1.165, 1.54) is 0 Å². The lowest BCUT2D eigenvalue weighted by Crippen LogP contribution is -2.02. The third-order valence-corrected chi connectivity index (χ3v) is 2.84. The van der Waals surface area contributed by atoms with Crippen LogP contribution in [0.25, 0.3) is 10.9 Å². The lowest BCUT2D eigenvalue weighted by Gasteiger charge is -2.09. The summed E-state index contributed by atoms with van der Waals surface area (Å²) in [7, 11) is 0. The molecule has 0 spiro atoms. The zero-order valence-electron chi connectivity index (χ0n) is 9.72. The minimum atomic E-state index is 0.715. The summed E-state index contributed by atoms with van der Waals surface area (Å²) in [6.45, 7) is 0.715. The van der Waals surface area contributed by atoms with E-state index in [-0.39, 0.29) is 0 Å². The van der Waals surface area contributed by atoms with Crippen LogP contribution >= 0.6 is 0 Å². The van der Waals surface area contributed by atoms with Crippen LogP contribution in [0, 0.1) is 0 Å². The average molecular weight is 239 g/mol. The molecule has 3 rings (SSSR count). The van der Waals surface area contributed by atoms with Gasteiger partial charge in [0.05, 0.1) is 23.1 Å². The molecular weight excluding hydrogens is 226 g/mol. The van der Waals surface area contributed by atoms with Crippen LogP contribution in [-0.2, 0) is 6.54 Å². The minimum Gasteiger partial charge on any atom is -0.397 e. The summed E-state index contributed by atoms with van der Waals surface area (Å²) in [5.41, 5.74) is 9.75. The fourth-order valence-corrected chi connectivity index (χ4v) is 1.86. The van der Waals surface area contributed by atoms with Crippen molar-refractivity contribution in [2.24, 2.45) is 0 Å². The van der Waals surface area contributed by atoms with Gasteiger partial charge in [-0.3, -0.25) is 10.1 Å².